The number of hydrogen-bond acceptors (Lipinski definition) is 4. The molecule has 3 aromatic rings. The molecule has 1 aromatic carbocycles. The van der Waals surface area contributed by atoms with Crippen molar-refractivity contribution in [2.75, 3.05) is 23.3 Å². The molecule has 26 heavy (non-hydrogen) atoms. The molecule has 1 N–H and O–H groups in total. The molecule has 134 valence electrons. The second kappa shape index (κ2) is 7.38. The second-order valence-electron chi connectivity index (χ2n) is 6.58. The molecular weight excluding hydrogens is 348 g/mol. The van der Waals surface area contributed by atoms with Gasteiger partial charge in [-0.15, -0.1) is 0 Å². The highest BCUT2D eigenvalue weighted by atomic mass is 35.5. The number of piperidine rings is 1. The van der Waals surface area contributed by atoms with Crippen molar-refractivity contribution in [3.05, 3.63) is 69.7 Å². The fourth-order valence-electron chi connectivity index (χ4n) is 3.44. The van der Waals surface area contributed by atoms with E-state index in [2.05, 4.69) is 33.4 Å². The highest BCUT2D eigenvalue weighted by Gasteiger charge is 2.14. The van der Waals surface area contributed by atoms with Gasteiger partial charge in [-0.25, -0.2) is 4.98 Å². The van der Waals surface area contributed by atoms with Crippen LogP contribution in [0.2, 0.25) is 5.02 Å². The number of hydrogen-bond donors (Lipinski definition) is 1. The fraction of sp³-hybridized carbons (Fsp3) is 0.300. The summed E-state index contributed by atoms with van der Waals surface area (Å²) in [6.07, 6.45) is 5.37. The highest BCUT2D eigenvalue weighted by molar-refractivity contribution is 6.30. The Bertz CT molecular complexity index is 979. The number of nitrogens with zero attached hydrogens (tertiary/aromatic N) is 3. The number of fused-ring (bicyclic) bond motifs is 1. The van der Waals surface area contributed by atoms with E-state index in [0.717, 1.165) is 18.8 Å². The monoisotopic (exact) mass is 368 g/mol. The number of benzene rings is 1. The van der Waals surface area contributed by atoms with Crippen LogP contribution in [0.3, 0.4) is 0 Å². The van der Waals surface area contributed by atoms with Crippen LogP contribution in [-0.2, 0) is 6.54 Å². The average Bonchev–Trinajstić information content (AvgIpc) is 2.68. The summed E-state index contributed by atoms with van der Waals surface area (Å²) < 4.78 is 1.47. The summed E-state index contributed by atoms with van der Waals surface area (Å²) in [5.41, 5.74) is 3.48. The maximum atomic E-state index is 12.3. The lowest BCUT2D eigenvalue weighted by molar-refractivity contribution is 0.578. The SMILES string of the molecule is O=c1cc(CNc2ccccc2N2CCCCC2)nc2ccc(Cl)cn12. The van der Waals surface area contributed by atoms with Crippen LogP contribution in [0.5, 0.6) is 0 Å². The third-order valence-corrected chi connectivity index (χ3v) is 4.96. The van der Waals surface area contributed by atoms with Crippen LogP contribution in [0.15, 0.2) is 53.5 Å². The zero-order chi connectivity index (χ0) is 17.9. The number of aromatic nitrogens is 2. The smallest absolute Gasteiger partial charge is 0.258 e. The van der Waals surface area contributed by atoms with E-state index in [0.29, 0.717) is 22.9 Å². The maximum absolute atomic E-state index is 12.3. The molecule has 0 unspecified atom stereocenters. The molecule has 0 spiro atoms. The molecule has 2 aromatic heterocycles. The van der Waals surface area contributed by atoms with Crippen molar-refractivity contribution in [1.82, 2.24) is 9.38 Å². The lowest BCUT2D eigenvalue weighted by Crippen LogP contribution is -2.30. The van der Waals surface area contributed by atoms with Crippen LogP contribution < -0.4 is 15.8 Å². The van der Waals surface area contributed by atoms with Gasteiger partial charge >= 0.3 is 0 Å². The van der Waals surface area contributed by atoms with Gasteiger partial charge in [-0.3, -0.25) is 9.20 Å². The lowest BCUT2D eigenvalue weighted by atomic mass is 10.1. The second-order valence-corrected chi connectivity index (χ2v) is 7.02. The van der Waals surface area contributed by atoms with Gasteiger partial charge < -0.3 is 10.2 Å². The van der Waals surface area contributed by atoms with Gasteiger partial charge in [-0.1, -0.05) is 23.7 Å². The molecule has 0 amide bonds. The van der Waals surface area contributed by atoms with E-state index < -0.39 is 0 Å². The van der Waals surface area contributed by atoms with Crippen LogP contribution in [0, 0.1) is 0 Å². The Kier molecular flexibility index (Phi) is 4.80. The van der Waals surface area contributed by atoms with Gasteiger partial charge in [0.1, 0.15) is 5.65 Å². The normalized spacial score (nSPS) is 14.6. The van der Waals surface area contributed by atoms with E-state index in [9.17, 15) is 4.79 Å². The summed E-state index contributed by atoms with van der Waals surface area (Å²) in [4.78, 5) is 19.3. The van der Waals surface area contributed by atoms with E-state index >= 15 is 0 Å². The minimum atomic E-state index is -0.126. The molecule has 0 atom stereocenters. The third kappa shape index (κ3) is 3.53. The van der Waals surface area contributed by atoms with Crippen molar-refractivity contribution in [2.24, 2.45) is 0 Å². The molecule has 0 radical (unpaired) electrons. The number of nitrogens with one attached hydrogen (secondary N) is 1. The third-order valence-electron chi connectivity index (χ3n) is 4.74. The summed E-state index contributed by atoms with van der Waals surface area (Å²) >= 11 is 5.96. The maximum Gasteiger partial charge on any atom is 0.258 e. The van der Waals surface area contributed by atoms with Crippen molar-refractivity contribution in [1.29, 1.82) is 0 Å². The molecule has 1 saturated heterocycles. The zero-order valence-corrected chi connectivity index (χ0v) is 15.2. The Hall–Kier alpha value is -2.53. The van der Waals surface area contributed by atoms with E-state index in [4.69, 9.17) is 11.6 Å². The van der Waals surface area contributed by atoms with Crippen LogP contribution in [0.1, 0.15) is 25.0 Å². The Morgan fingerprint density at radius 3 is 2.73 bits per heavy atom. The predicted octanol–water partition coefficient (Wildman–Crippen LogP) is 3.95. The van der Waals surface area contributed by atoms with Crippen LogP contribution in [0.4, 0.5) is 11.4 Å². The number of anilines is 2. The number of pyridine rings is 1. The van der Waals surface area contributed by atoms with Crippen LogP contribution in [0.25, 0.3) is 5.65 Å². The van der Waals surface area contributed by atoms with E-state index in [1.54, 1.807) is 24.4 Å². The van der Waals surface area contributed by atoms with Crippen LogP contribution >= 0.6 is 11.6 Å². The highest BCUT2D eigenvalue weighted by Crippen LogP contribution is 2.28. The topological polar surface area (TPSA) is 49.6 Å². The van der Waals surface area contributed by atoms with Gasteiger partial charge in [0, 0.05) is 25.4 Å². The molecule has 5 nitrogen and oxygen atoms in total. The van der Waals surface area contributed by atoms with E-state index in [-0.39, 0.29) is 5.56 Å². The zero-order valence-electron chi connectivity index (χ0n) is 14.5. The molecule has 6 heteroatoms. The summed E-state index contributed by atoms with van der Waals surface area (Å²) in [5, 5.41) is 3.97. The van der Waals surface area contributed by atoms with Crippen molar-refractivity contribution >= 4 is 28.6 Å². The standard InChI is InChI=1S/C20H21ClN4O/c21-15-8-9-19-23-16(12-20(26)25(19)14-15)13-22-17-6-2-3-7-18(17)24-10-4-1-5-11-24/h2-3,6-9,12,14,22H,1,4-5,10-11,13H2. The predicted molar refractivity (Wildman–Crippen MR) is 106 cm³/mol. The number of rotatable bonds is 4. The van der Waals surface area contributed by atoms with Crippen molar-refractivity contribution < 1.29 is 0 Å². The molecule has 0 saturated carbocycles. The largest absolute Gasteiger partial charge is 0.378 e. The first-order chi connectivity index (χ1) is 12.7. The summed E-state index contributed by atoms with van der Waals surface area (Å²) in [6.45, 7) is 2.68. The van der Waals surface area contributed by atoms with E-state index in [1.807, 2.05) is 6.07 Å². The van der Waals surface area contributed by atoms with Gasteiger partial charge in [0.15, 0.2) is 0 Å². The molecule has 0 bridgehead atoms. The Labute approximate surface area is 157 Å². The van der Waals surface area contributed by atoms with Gasteiger partial charge in [0.25, 0.3) is 5.56 Å². The van der Waals surface area contributed by atoms with Gasteiger partial charge in [0.05, 0.1) is 28.6 Å². The van der Waals surface area contributed by atoms with Crippen molar-refractivity contribution in [2.45, 2.75) is 25.8 Å². The van der Waals surface area contributed by atoms with E-state index in [1.165, 1.54) is 29.4 Å². The first-order valence-electron chi connectivity index (χ1n) is 8.96. The molecule has 1 fully saturated rings. The number of halogens is 1. The number of para-hydroxylation sites is 2. The lowest BCUT2D eigenvalue weighted by Gasteiger charge is -2.30. The van der Waals surface area contributed by atoms with Crippen molar-refractivity contribution in [3.8, 4) is 0 Å². The molecule has 0 aliphatic carbocycles. The van der Waals surface area contributed by atoms with Gasteiger partial charge in [0.2, 0.25) is 0 Å². The first kappa shape index (κ1) is 16.9. The molecule has 4 rings (SSSR count). The van der Waals surface area contributed by atoms with Gasteiger partial charge in [-0.05, 0) is 43.5 Å². The molecule has 1 aliphatic heterocycles. The Balaban J connectivity index is 1.57. The summed E-state index contributed by atoms with van der Waals surface area (Å²) in [7, 11) is 0. The average molecular weight is 369 g/mol. The molecule has 1 aliphatic rings. The fourth-order valence-corrected chi connectivity index (χ4v) is 3.60. The quantitative estimate of drug-likeness (QED) is 0.757. The van der Waals surface area contributed by atoms with Crippen LogP contribution in [-0.4, -0.2) is 22.5 Å². The molecule has 3 heterocycles. The molecular formula is C20H21ClN4O. The van der Waals surface area contributed by atoms with Gasteiger partial charge in [-0.2, -0.15) is 0 Å². The Morgan fingerprint density at radius 1 is 1.08 bits per heavy atom. The minimum Gasteiger partial charge on any atom is -0.378 e. The Morgan fingerprint density at radius 2 is 1.88 bits per heavy atom. The first-order valence-corrected chi connectivity index (χ1v) is 9.34. The summed E-state index contributed by atoms with van der Waals surface area (Å²) in [6, 6.07) is 13.4. The summed E-state index contributed by atoms with van der Waals surface area (Å²) in [5.74, 6) is 0. The minimum absolute atomic E-state index is 0.126. The van der Waals surface area contributed by atoms with Crippen molar-refractivity contribution in [3.63, 3.8) is 0 Å².